The summed E-state index contributed by atoms with van der Waals surface area (Å²) in [5, 5.41) is 2.65. The summed E-state index contributed by atoms with van der Waals surface area (Å²) in [7, 11) is -2.07. The van der Waals surface area contributed by atoms with Crippen molar-refractivity contribution in [3.8, 4) is 33.8 Å². The van der Waals surface area contributed by atoms with Crippen LogP contribution in [0.3, 0.4) is 0 Å². The maximum absolute atomic E-state index is 6.94. The van der Waals surface area contributed by atoms with Crippen LogP contribution in [0.15, 0.2) is 205 Å². The summed E-state index contributed by atoms with van der Waals surface area (Å²) in [6.45, 7) is 9.60. The molecule has 0 atom stereocenters. The van der Waals surface area contributed by atoms with E-state index >= 15 is 0 Å². The summed E-state index contributed by atoms with van der Waals surface area (Å²) < 4.78 is 6.94. The van der Waals surface area contributed by atoms with Gasteiger partial charge in [0.2, 0.25) is 0 Å². The third kappa shape index (κ3) is 6.02. The normalized spacial score (nSPS) is 15.0. The standard InChI is InChI=1S/C53H41NOS3Si/c1-53(2)40-16-5-7-20-44(40)57-51-38(14-11-17-41(51)53)34-26-30-36(31-27-34)54(42-18-13-25-49-50(42)55-43-19-6-10-24-48(43)59(49,3)4)37-32-28-35(29-33-37)39-15-12-23-47-52(39)58-46-22-9-8-21-45(46)56-47/h5-33H,1-4H3. The van der Waals surface area contributed by atoms with Crippen molar-refractivity contribution in [1.82, 2.24) is 0 Å². The van der Waals surface area contributed by atoms with Crippen LogP contribution < -0.4 is 20.0 Å². The van der Waals surface area contributed by atoms with Crippen molar-refractivity contribution in [2.24, 2.45) is 0 Å². The molecule has 2 nitrogen and oxygen atoms in total. The van der Waals surface area contributed by atoms with E-state index in [1.54, 1.807) is 0 Å². The molecule has 0 fully saturated rings. The molecule has 8 aromatic rings. The van der Waals surface area contributed by atoms with Gasteiger partial charge in [-0.15, -0.1) is 0 Å². The van der Waals surface area contributed by atoms with Crippen LogP contribution in [-0.2, 0) is 5.41 Å². The number of anilines is 3. The van der Waals surface area contributed by atoms with E-state index in [-0.39, 0.29) is 5.41 Å². The van der Waals surface area contributed by atoms with Crippen molar-refractivity contribution in [2.75, 3.05) is 4.90 Å². The molecular weight excluding hydrogens is 791 g/mol. The summed E-state index contributed by atoms with van der Waals surface area (Å²) in [6.07, 6.45) is 0. The Morgan fingerprint density at radius 2 is 0.983 bits per heavy atom. The second kappa shape index (κ2) is 14.1. The summed E-state index contributed by atoms with van der Waals surface area (Å²) >= 11 is 5.64. The van der Waals surface area contributed by atoms with E-state index in [0.29, 0.717) is 0 Å². The number of hydrogen-bond acceptors (Lipinski definition) is 5. The van der Waals surface area contributed by atoms with Gasteiger partial charge in [-0.1, -0.05) is 177 Å². The molecule has 59 heavy (non-hydrogen) atoms. The lowest BCUT2D eigenvalue weighted by Gasteiger charge is -2.36. The molecule has 8 aromatic carbocycles. The lowest BCUT2D eigenvalue weighted by molar-refractivity contribution is 0.488. The van der Waals surface area contributed by atoms with Gasteiger partial charge < -0.3 is 9.64 Å². The molecule has 0 unspecified atom stereocenters. The van der Waals surface area contributed by atoms with Crippen molar-refractivity contribution in [3.05, 3.63) is 187 Å². The van der Waals surface area contributed by atoms with Crippen LogP contribution in [0.5, 0.6) is 11.5 Å². The zero-order chi connectivity index (χ0) is 39.9. The van der Waals surface area contributed by atoms with Crippen molar-refractivity contribution in [1.29, 1.82) is 0 Å². The number of nitrogens with zero attached hydrogens (tertiary/aromatic N) is 1. The van der Waals surface area contributed by atoms with Crippen molar-refractivity contribution < 1.29 is 4.74 Å². The van der Waals surface area contributed by atoms with Crippen molar-refractivity contribution in [2.45, 2.75) is 61.7 Å². The molecule has 0 saturated heterocycles. The molecule has 0 bridgehead atoms. The van der Waals surface area contributed by atoms with Crippen LogP contribution >= 0.6 is 35.3 Å². The third-order valence-electron chi connectivity index (χ3n) is 12.3. The van der Waals surface area contributed by atoms with E-state index in [2.05, 4.69) is 208 Å². The highest BCUT2D eigenvalue weighted by Crippen LogP contribution is 2.54. The van der Waals surface area contributed by atoms with Gasteiger partial charge in [0.05, 0.1) is 5.69 Å². The minimum absolute atomic E-state index is 0.0841. The Kier molecular flexibility index (Phi) is 8.79. The lowest BCUT2D eigenvalue weighted by atomic mass is 9.77. The fourth-order valence-corrected chi connectivity index (χ4v) is 15.8. The molecule has 0 amide bonds. The zero-order valence-corrected chi connectivity index (χ0v) is 36.8. The van der Waals surface area contributed by atoms with Crippen molar-refractivity contribution >= 4 is 70.8 Å². The van der Waals surface area contributed by atoms with Crippen LogP contribution in [0.25, 0.3) is 22.3 Å². The van der Waals surface area contributed by atoms with E-state index in [9.17, 15) is 0 Å². The fourth-order valence-electron chi connectivity index (χ4n) is 9.10. The molecule has 0 N–H and O–H groups in total. The van der Waals surface area contributed by atoms with Crippen LogP contribution in [0, 0.1) is 0 Å². The predicted octanol–water partition coefficient (Wildman–Crippen LogP) is 14.8. The van der Waals surface area contributed by atoms with Crippen LogP contribution in [0.1, 0.15) is 25.0 Å². The molecule has 3 heterocycles. The second-order valence-corrected chi connectivity index (χ2v) is 24.0. The van der Waals surface area contributed by atoms with Gasteiger partial charge in [-0.05, 0) is 104 Å². The van der Waals surface area contributed by atoms with Crippen LogP contribution in [0.4, 0.5) is 17.1 Å². The van der Waals surface area contributed by atoms with Gasteiger partial charge in [0.1, 0.15) is 13.8 Å². The Balaban J connectivity index is 1.02. The SMILES string of the molecule is CC1(C)c2ccccc2Sc2c(-c3ccc(N(c4ccc(-c5cccc6c5Sc5ccccc5S6)cc4)c4cccc5c4Oc4ccccc4[Si]5(C)C)cc3)cccc21. The Labute approximate surface area is 360 Å². The molecule has 0 aliphatic carbocycles. The maximum Gasteiger partial charge on any atom is 0.151 e. The van der Waals surface area contributed by atoms with E-state index in [1.165, 1.54) is 73.1 Å². The molecule has 0 spiro atoms. The smallest absolute Gasteiger partial charge is 0.151 e. The maximum atomic E-state index is 6.94. The average molecular weight is 832 g/mol. The first kappa shape index (κ1) is 36.7. The molecule has 3 aliphatic rings. The first-order chi connectivity index (χ1) is 28.8. The quantitative estimate of drug-likeness (QED) is 0.160. The zero-order valence-electron chi connectivity index (χ0n) is 33.3. The van der Waals surface area contributed by atoms with Gasteiger partial charge in [-0.3, -0.25) is 0 Å². The number of fused-ring (bicyclic) bond motifs is 6. The molecule has 6 heteroatoms. The second-order valence-electron chi connectivity index (χ2n) is 16.5. The minimum atomic E-state index is -2.07. The minimum Gasteiger partial charge on any atom is -0.455 e. The number of benzene rings is 8. The molecule has 11 rings (SSSR count). The Morgan fingerprint density at radius 1 is 0.458 bits per heavy atom. The van der Waals surface area contributed by atoms with E-state index < -0.39 is 8.07 Å². The highest BCUT2D eigenvalue weighted by molar-refractivity contribution is 8.05. The topological polar surface area (TPSA) is 12.5 Å². The number of hydrogen-bond donors (Lipinski definition) is 0. The molecule has 0 radical (unpaired) electrons. The largest absolute Gasteiger partial charge is 0.455 e. The third-order valence-corrected chi connectivity index (χ3v) is 19.6. The lowest BCUT2D eigenvalue weighted by Crippen LogP contribution is -2.56. The van der Waals surface area contributed by atoms with E-state index in [0.717, 1.165) is 28.6 Å². The van der Waals surface area contributed by atoms with Gasteiger partial charge in [0.15, 0.2) is 5.75 Å². The first-order valence-corrected chi connectivity index (χ1v) is 25.6. The summed E-state index contributed by atoms with van der Waals surface area (Å²) in [5.74, 6) is 1.92. The van der Waals surface area contributed by atoms with Crippen LogP contribution in [-0.4, -0.2) is 8.07 Å². The summed E-state index contributed by atoms with van der Waals surface area (Å²) in [5.41, 5.74) is 10.9. The highest BCUT2D eigenvalue weighted by atomic mass is 32.2. The first-order valence-electron chi connectivity index (χ1n) is 20.2. The highest BCUT2D eigenvalue weighted by Gasteiger charge is 2.38. The molecular formula is C53H41NOS3Si. The van der Waals surface area contributed by atoms with E-state index in [4.69, 9.17) is 4.74 Å². The predicted molar refractivity (Wildman–Crippen MR) is 253 cm³/mol. The summed E-state index contributed by atoms with van der Waals surface area (Å²) in [6, 6.07) is 64.7. The molecule has 3 aliphatic heterocycles. The Bertz CT molecular complexity index is 2960. The van der Waals surface area contributed by atoms with Gasteiger partial charge in [-0.2, -0.15) is 0 Å². The van der Waals surface area contributed by atoms with Crippen molar-refractivity contribution in [3.63, 3.8) is 0 Å². The molecule has 0 aromatic heterocycles. The fraction of sp³-hybridized carbons (Fsp3) is 0.0943. The summed E-state index contributed by atoms with van der Waals surface area (Å²) in [4.78, 5) is 10.3. The number of para-hydroxylation sites is 2. The van der Waals surface area contributed by atoms with E-state index in [1.807, 2.05) is 35.3 Å². The monoisotopic (exact) mass is 831 g/mol. The van der Waals surface area contributed by atoms with Gasteiger partial charge in [-0.25, -0.2) is 0 Å². The van der Waals surface area contributed by atoms with Crippen LogP contribution in [0.2, 0.25) is 13.1 Å². The van der Waals surface area contributed by atoms with Gasteiger partial charge in [0.25, 0.3) is 0 Å². The average Bonchev–Trinajstić information content (AvgIpc) is 3.26. The molecule has 0 saturated carbocycles. The number of ether oxygens (including phenoxy) is 1. The molecule has 286 valence electrons. The number of rotatable bonds is 5. The van der Waals surface area contributed by atoms with Gasteiger partial charge in [0, 0.05) is 46.2 Å². The Hall–Kier alpha value is -5.37. The Morgan fingerprint density at radius 3 is 1.71 bits per heavy atom. The van der Waals surface area contributed by atoms with Gasteiger partial charge >= 0.3 is 0 Å².